The number of carbonyl (C=O) groups is 1. The third-order valence-electron chi connectivity index (χ3n) is 4.95. The molecule has 6 heteroatoms. The first-order valence-corrected chi connectivity index (χ1v) is 10.1. The number of hydrogen-bond donors (Lipinski definition) is 0. The highest BCUT2D eigenvalue weighted by atomic mass is 19.1. The van der Waals surface area contributed by atoms with E-state index in [0.717, 1.165) is 16.7 Å². The number of benzene rings is 3. The largest absolute Gasteiger partial charge is 0.339 e. The molecule has 1 heterocycles. The van der Waals surface area contributed by atoms with Crippen molar-refractivity contribution >= 4 is 5.91 Å². The first-order chi connectivity index (χ1) is 15.1. The number of amides is 1. The third kappa shape index (κ3) is 5.22. The van der Waals surface area contributed by atoms with Crippen LogP contribution in [0.4, 0.5) is 4.39 Å². The van der Waals surface area contributed by atoms with Crippen molar-refractivity contribution in [1.82, 2.24) is 15.0 Å². The van der Waals surface area contributed by atoms with E-state index in [1.54, 1.807) is 11.0 Å². The second-order valence-electron chi connectivity index (χ2n) is 7.35. The number of rotatable bonds is 7. The monoisotopic (exact) mass is 415 g/mol. The molecule has 0 spiro atoms. The molecule has 156 valence electrons. The quantitative estimate of drug-likeness (QED) is 0.423. The van der Waals surface area contributed by atoms with Crippen LogP contribution in [0.3, 0.4) is 0 Å². The van der Waals surface area contributed by atoms with E-state index >= 15 is 0 Å². The Morgan fingerprint density at radius 1 is 1.00 bits per heavy atom. The molecule has 0 saturated carbocycles. The van der Waals surface area contributed by atoms with Gasteiger partial charge in [-0.1, -0.05) is 71.4 Å². The van der Waals surface area contributed by atoms with Gasteiger partial charge in [-0.15, -0.1) is 0 Å². The topological polar surface area (TPSA) is 59.2 Å². The van der Waals surface area contributed by atoms with Gasteiger partial charge in [0.05, 0.1) is 0 Å². The highest BCUT2D eigenvalue weighted by Crippen LogP contribution is 2.17. The van der Waals surface area contributed by atoms with Crippen LogP contribution in [-0.4, -0.2) is 27.5 Å². The summed E-state index contributed by atoms with van der Waals surface area (Å²) in [5, 5.41) is 4.05. The molecule has 5 nitrogen and oxygen atoms in total. The van der Waals surface area contributed by atoms with Crippen molar-refractivity contribution in [1.29, 1.82) is 0 Å². The van der Waals surface area contributed by atoms with Crippen molar-refractivity contribution in [2.75, 3.05) is 6.54 Å². The van der Waals surface area contributed by atoms with Gasteiger partial charge in [0, 0.05) is 30.6 Å². The zero-order valence-electron chi connectivity index (χ0n) is 17.2. The SMILES string of the molecule is Cc1ccc(-c2noc(CCN(Cc3ccccc3)C(=O)c3cccc(F)c3)n2)cc1. The fraction of sp³-hybridized carbons (Fsp3) is 0.160. The number of halogens is 1. The van der Waals surface area contributed by atoms with E-state index in [1.807, 2.05) is 61.5 Å². The Morgan fingerprint density at radius 3 is 2.52 bits per heavy atom. The summed E-state index contributed by atoms with van der Waals surface area (Å²) in [6.07, 6.45) is 0.396. The molecule has 1 amide bonds. The molecule has 0 aliphatic heterocycles. The zero-order chi connectivity index (χ0) is 21.6. The zero-order valence-corrected chi connectivity index (χ0v) is 17.2. The van der Waals surface area contributed by atoms with E-state index in [0.29, 0.717) is 36.8 Å². The van der Waals surface area contributed by atoms with Crippen molar-refractivity contribution in [2.45, 2.75) is 19.9 Å². The van der Waals surface area contributed by atoms with Crippen LogP contribution in [0, 0.1) is 12.7 Å². The molecule has 0 bridgehead atoms. The Kier molecular flexibility index (Phi) is 6.17. The summed E-state index contributed by atoms with van der Waals surface area (Å²) in [5.74, 6) is 0.272. The van der Waals surface area contributed by atoms with Crippen LogP contribution in [-0.2, 0) is 13.0 Å². The smallest absolute Gasteiger partial charge is 0.254 e. The first-order valence-electron chi connectivity index (χ1n) is 10.1. The van der Waals surface area contributed by atoms with Gasteiger partial charge in [0.25, 0.3) is 5.91 Å². The maximum atomic E-state index is 13.7. The summed E-state index contributed by atoms with van der Waals surface area (Å²) < 4.78 is 19.0. The first kappa shape index (κ1) is 20.5. The van der Waals surface area contributed by atoms with Gasteiger partial charge in [-0.25, -0.2) is 4.39 Å². The van der Waals surface area contributed by atoms with Crippen molar-refractivity contribution < 1.29 is 13.7 Å². The molecule has 3 aromatic carbocycles. The molecular formula is C25H22FN3O2. The van der Waals surface area contributed by atoms with Crippen molar-refractivity contribution in [3.05, 3.63) is 107 Å². The number of aromatic nitrogens is 2. The standard InChI is InChI=1S/C25H22FN3O2/c1-18-10-12-20(13-11-18)24-27-23(31-28-24)14-15-29(17-19-6-3-2-4-7-19)25(30)21-8-5-9-22(26)16-21/h2-13,16H,14-15,17H2,1H3. The summed E-state index contributed by atoms with van der Waals surface area (Å²) in [5.41, 5.74) is 3.32. The maximum Gasteiger partial charge on any atom is 0.254 e. The average molecular weight is 415 g/mol. The normalized spacial score (nSPS) is 10.8. The number of carbonyl (C=O) groups excluding carboxylic acids is 1. The summed E-state index contributed by atoms with van der Waals surface area (Å²) in [4.78, 5) is 19.2. The van der Waals surface area contributed by atoms with E-state index in [4.69, 9.17) is 4.52 Å². The van der Waals surface area contributed by atoms with E-state index < -0.39 is 5.82 Å². The highest BCUT2D eigenvalue weighted by molar-refractivity contribution is 5.94. The Labute approximate surface area is 180 Å². The highest BCUT2D eigenvalue weighted by Gasteiger charge is 2.18. The molecule has 0 radical (unpaired) electrons. The third-order valence-corrected chi connectivity index (χ3v) is 4.95. The van der Waals surface area contributed by atoms with Gasteiger partial charge in [-0.3, -0.25) is 4.79 Å². The molecule has 4 aromatic rings. The maximum absolute atomic E-state index is 13.7. The lowest BCUT2D eigenvalue weighted by atomic mass is 10.1. The predicted octanol–water partition coefficient (Wildman–Crippen LogP) is 5.07. The summed E-state index contributed by atoms with van der Waals surface area (Å²) in [6.45, 7) is 2.78. The van der Waals surface area contributed by atoms with Gasteiger partial charge < -0.3 is 9.42 Å². The Balaban J connectivity index is 1.51. The van der Waals surface area contributed by atoms with Gasteiger partial charge >= 0.3 is 0 Å². The molecule has 0 unspecified atom stereocenters. The number of nitrogens with zero attached hydrogens (tertiary/aromatic N) is 3. The van der Waals surface area contributed by atoms with Crippen LogP contribution in [0.2, 0.25) is 0 Å². The van der Waals surface area contributed by atoms with Crippen molar-refractivity contribution in [2.24, 2.45) is 0 Å². The molecule has 0 saturated heterocycles. The van der Waals surface area contributed by atoms with Crippen LogP contribution < -0.4 is 0 Å². The second-order valence-corrected chi connectivity index (χ2v) is 7.35. The van der Waals surface area contributed by atoms with Crippen LogP contribution in [0.5, 0.6) is 0 Å². The summed E-state index contributed by atoms with van der Waals surface area (Å²) >= 11 is 0. The van der Waals surface area contributed by atoms with Gasteiger partial charge in [0.1, 0.15) is 5.82 Å². The van der Waals surface area contributed by atoms with Gasteiger partial charge in [0.15, 0.2) is 0 Å². The van der Waals surface area contributed by atoms with Crippen LogP contribution in [0.25, 0.3) is 11.4 Å². The molecule has 1 aromatic heterocycles. The second kappa shape index (κ2) is 9.34. The minimum Gasteiger partial charge on any atom is -0.339 e. The fourth-order valence-electron chi connectivity index (χ4n) is 3.27. The lowest BCUT2D eigenvalue weighted by Gasteiger charge is -2.22. The van der Waals surface area contributed by atoms with Crippen LogP contribution in [0.15, 0.2) is 83.4 Å². The number of hydrogen-bond acceptors (Lipinski definition) is 4. The minimum atomic E-state index is -0.440. The lowest BCUT2D eigenvalue weighted by Crippen LogP contribution is -2.32. The van der Waals surface area contributed by atoms with Crippen molar-refractivity contribution in [3.63, 3.8) is 0 Å². The average Bonchev–Trinajstić information content (AvgIpc) is 3.26. The molecule has 4 rings (SSSR count). The Hall–Kier alpha value is -3.80. The minimum absolute atomic E-state index is 0.248. The number of aryl methyl sites for hydroxylation is 1. The van der Waals surface area contributed by atoms with Gasteiger partial charge in [-0.05, 0) is 30.7 Å². The van der Waals surface area contributed by atoms with Crippen molar-refractivity contribution in [3.8, 4) is 11.4 Å². The van der Waals surface area contributed by atoms with E-state index in [2.05, 4.69) is 10.1 Å². The van der Waals surface area contributed by atoms with E-state index in [9.17, 15) is 9.18 Å². The Bertz CT molecular complexity index is 1160. The molecular weight excluding hydrogens is 393 g/mol. The summed E-state index contributed by atoms with van der Waals surface area (Å²) in [7, 11) is 0. The Morgan fingerprint density at radius 2 is 1.77 bits per heavy atom. The van der Waals surface area contributed by atoms with Crippen LogP contribution in [0.1, 0.15) is 27.4 Å². The molecule has 31 heavy (non-hydrogen) atoms. The van der Waals surface area contributed by atoms with Crippen LogP contribution >= 0.6 is 0 Å². The molecule has 0 atom stereocenters. The lowest BCUT2D eigenvalue weighted by molar-refractivity contribution is 0.0741. The molecule has 0 aliphatic rings. The molecule has 0 N–H and O–H groups in total. The van der Waals surface area contributed by atoms with E-state index in [-0.39, 0.29) is 5.91 Å². The molecule has 0 aliphatic carbocycles. The predicted molar refractivity (Wildman–Crippen MR) is 116 cm³/mol. The van der Waals surface area contributed by atoms with Gasteiger partial charge in [0.2, 0.25) is 11.7 Å². The van der Waals surface area contributed by atoms with Gasteiger partial charge in [-0.2, -0.15) is 4.98 Å². The van der Waals surface area contributed by atoms with E-state index in [1.165, 1.54) is 18.2 Å². The fourth-order valence-corrected chi connectivity index (χ4v) is 3.27. The summed E-state index contributed by atoms with van der Waals surface area (Å²) in [6, 6.07) is 23.3. The molecule has 0 fully saturated rings.